The molecular formula is C14H18N6O2S. The van der Waals surface area contributed by atoms with E-state index in [9.17, 15) is 9.59 Å². The molecule has 122 valence electrons. The van der Waals surface area contributed by atoms with Crippen molar-refractivity contribution in [3.63, 3.8) is 0 Å². The van der Waals surface area contributed by atoms with Crippen molar-refractivity contribution in [3.05, 3.63) is 35.7 Å². The number of benzene rings is 1. The van der Waals surface area contributed by atoms with Crippen molar-refractivity contribution in [2.24, 2.45) is 0 Å². The molecule has 0 saturated carbocycles. The van der Waals surface area contributed by atoms with Gasteiger partial charge in [0.1, 0.15) is 6.33 Å². The molecule has 0 radical (unpaired) electrons. The zero-order chi connectivity index (χ0) is 17.0. The van der Waals surface area contributed by atoms with Gasteiger partial charge in [0, 0.05) is 5.69 Å². The van der Waals surface area contributed by atoms with Crippen molar-refractivity contribution in [1.29, 1.82) is 0 Å². The van der Waals surface area contributed by atoms with E-state index in [-0.39, 0.29) is 0 Å². The third-order valence-electron chi connectivity index (χ3n) is 3.06. The molecular weight excluding hydrogens is 316 g/mol. The number of aromatic nitrogens is 3. The highest BCUT2D eigenvalue weighted by Crippen LogP contribution is 2.19. The highest BCUT2D eigenvalue weighted by Gasteiger charge is 2.19. The molecule has 0 fully saturated rings. The number of thioether (sulfide) groups is 1. The summed E-state index contributed by atoms with van der Waals surface area (Å²) >= 11 is 1.11. The van der Waals surface area contributed by atoms with Crippen LogP contribution in [-0.4, -0.2) is 32.1 Å². The van der Waals surface area contributed by atoms with Crippen LogP contribution in [0.1, 0.15) is 18.1 Å². The van der Waals surface area contributed by atoms with Gasteiger partial charge in [-0.25, -0.2) is 9.47 Å². The van der Waals surface area contributed by atoms with Crippen molar-refractivity contribution in [1.82, 2.24) is 20.2 Å². The van der Waals surface area contributed by atoms with Crippen molar-refractivity contribution in [3.8, 4) is 0 Å². The largest absolute Gasteiger partial charge is 0.336 e. The number of carbonyl (C=O) groups is 2. The van der Waals surface area contributed by atoms with Crippen LogP contribution in [0.25, 0.3) is 0 Å². The number of amides is 3. The fourth-order valence-corrected chi connectivity index (χ4v) is 2.59. The molecule has 4 N–H and O–H groups in total. The number of anilines is 1. The summed E-state index contributed by atoms with van der Waals surface area (Å²) in [6, 6.07) is 5.05. The number of imide groups is 1. The van der Waals surface area contributed by atoms with Crippen LogP contribution in [0.5, 0.6) is 0 Å². The minimum atomic E-state index is -0.580. The Balaban J connectivity index is 1.91. The van der Waals surface area contributed by atoms with Crippen LogP contribution in [0.2, 0.25) is 0 Å². The molecule has 1 heterocycles. The van der Waals surface area contributed by atoms with Gasteiger partial charge in [0.15, 0.2) is 0 Å². The van der Waals surface area contributed by atoms with Crippen molar-refractivity contribution in [2.45, 2.75) is 31.2 Å². The lowest BCUT2D eigenvalue weighted by atomic mass is 10.1. The van der Waals surface area contributed by atoms with E-state index >= 15 is 0 Å². The molecule has 0 spiro atoms. The Kier molecular flexibility index (Phi) is 5.22. The van der Waals surface area contributed by atoms with Crippen LogP contribution in [-0.2, 0) is 4.79 Å². The number of rotatable bonds is 4. The summed E-state index contributed by atoms with van der Waals surface area (Å²) in [5.74, 6) is 5.14. The van der Waals surface area contributed by atoms with Gasteiger partial charge in [-0.2, -0.15) is 0 Å². The average molecular weight is 334 g/mol. The smallest absolute Gasteiger partial charge is 0.325 e. The number of nitrogen functional groups attached to an aromatic ring is 1. The molecule has 2 rings (SSSR count). The Morgan fingerprint density at radius 3 is 2.70 bits per heavy atom. The Labute approximate surface area is 137 Å². The standard InChI is InChI=1S/C14H18N6O2S/c1-8-4-5-11(9(2)6-8)17-13(22)18-12(21)10(3)23-14-19-16-7-20(14)15/h4-7,10H,15H2,1-3H3,(H2,17,18,21,22)/t10-/m1/s1. The van der Waals surface area contributed by atoms with Gasteiger partial charge in [-0.3, -0.25) is 10.1 Å². The lowest BCUT2D eigenvalue weighted by molar-refractivity contribution is -0.119. The first-order valence-electron chi connectivity index (χ1n) is 6.87. The summed E-state index contributed by atoms with van der Waals surface area (Å²) in [5.41, 5.74) is 2.68. The Morgan fingerprint density at radius 1 is 1.35 bits per heavy atom. The molecule has 9 heteroatoms. The molecule has 1 atom stereocenters. The second kappa shape index (κ2) is 7.14. The van der Waals surface area contributed by atoms with E-state index in [2.05, 4.69) is 20.8 Å². The lowest BCUT2D eigenvalue weighted by Crippen LogP contribution is -2.39. The highest BCUT2D eigenvalue weighted by molar-refractivity contribution is 8.00. The van der Waals surface area contributed by atoms with Crippen LogP contribution in [0.4, 0.5) is 10.5 Å². The molecule has 0 aliphatic carbocycles. The normalized spacial score (nSPS) is 11.8. The number of hydrogen-bond donors (Lipinski definition) is 3. The Morgan fingerprint density at radius 2 is 2.09 bits per heavy atom. The number of hydrogen-bond acceptors (Lipinski definition) is 6. The summed E-state index contributed by atoms with van der Waals surface area (Å²) in [6.07, 6.45) is 1.33. The van der Waals surface area contributed by atoms with Crippen molar-refractivity contribution >= 4 is 29.4 Å². The van der Waals surface area contributed by atoms with Crippen LogP contribution in [0.15, 0.2) is 29.7 Å². The number of nitrogens with zero attached hydrogens (tertiary/aromatic N) is 3. The van der Waals surface area contributed by atoms with Gasteiger partial charge in [-0.15, -0.1) is 10.2 Å². The first-order valence-corrected chi connectivity index (χ1v) is 7.75. The van der Waals surface area contributed by atoms with E-state index in [1.54, 1.807) is 13.0 Å². The fourth-order valence-electron chi connectivity index (χ4n) is 1.85. The Hall–Kier alpha value is -2.55. The van der Waals surface area contributed by atoms with Crippen LogP contribution in [0, 0.1) is 13.8 Å². The van der Waals surface area contributed by atoms with Crippen molar-refractivity contribution < 1.29 is 9.59 Å². The fraction of sp³-hybridized carbons (Fsp3) is 0.286. The minimum absolute atomic E-state index is 0.391. The quantitative estimate of drug-likeness (QED) is 0.576. The summed E-state index contributed by atoms with van der Waals surface area (Å²) < 4.78 is 1.21. The molecule has 1 aromatic carbocycles. The van der Waals surface area contributed by atoms with Gasteiger partial charge in [0.25, 0.3) is 0 Å². The summed E-state index contributed by atoms with van der Waals surface area (Å²) in [5, 5.41) is 12.2. The monoisotopic (exact) mass is 334 g/mol. The van der Waals surface area contributed by atoms with Gasteiger partial charge in [-0.05, 0) is 32.4 Å². The number of nitrogens with one attached hydrogen (secondary N) is 2. The molecule has 0 unspecified atom stereocenters. The predicted molar refractivity (Wildman–Crippen MR) is 88.6 cm³/mol. The third-order valence-corrected chi connectivity index (χ3v) is 4.13. The van der Waals surface area contributed by atoms with E-state index in [0.29, 0.717) is 10.8 Å². The van der Waals surface area contributed by atoms with Gasteiger partial charge < -0.3 is 11.2 Å². The average Bonchev–Trinajstić information content (AvgIpc) is 2.87. The molecule has 23 heavy (non-hydrogen) atoms. The molecule has 0 aliphatic rings. The number of carbonyl (C=O) groups excluding carboxylic acids is 2. The van der Waals surface area contributed by atoms with E-state index in [1.165, 1.54) is 11.0 Å². The Bertz CT molecular complexity index is 730. The highest BCUT2D eigenvalue weighted by atomic mass is 32.2. The molecule has 3 amide bonds. The number of aryl methyl sites for hydroxylation is 2. The van der Waals surface area contributed by atoms with Gasteiger partial charge in [0.05, 0.1) is 5.25 Å². The minimum Gasteiger partial charge on any atom is -0.336 e. The maximum Gasteiger partial charge on any atom is 0.325 e. The van der Waals surface area contributed by atoms with Gasteiger partial charge >= 0.3 is 6.03 Å². The van der Waals surface area contributed by atoms with Crippen molar-refractivity contribution in [2.75, 3.05) is 11.2 Å². The van der Waals surface area contributed by atoms with Gasteiger partial charge in [0.2, 0.25) is 11.1 Å². The zero-order valence-electron chi connectivity index (χ0n) is 13.0. The molecule has 1 aromatic heterocycles. The number of urea groups is 1. The molecule has 0 saturated heterocycles. The second-order valence-electron chi connectivity index (χ2n) is 5.04. The maximum absolute atomic E-state index is 12.0. The first-order chi connectivity index (χ1) is 10.9. The third kappa shape index (κ3) is 4.46. The second-order valence-corrected chi connectivity index (χ2v) is 6.35. The zero-order valence-corrected chi connectivity index (χ0v) is 13.8. The summed E-state index contributed by atoms with van der Waals surface area (Å²) in [7, 11) is 0. The van der Waals surface area contributed by atoms with E-state index in [4.69, 9.17) is 5.84 Å². The molecule has 2 aromatic rings. The number of nitrogens with two attached hydrogens (primary N) is 1. The lowest BCUT2D eigenvalue weighted by Gasteiger charge is -2.12. The van der Waals surface area contributed by atoms with Crippen LogP contribution in [0.3, 0.4) is 0 Å². The maximum atomic E-state index is 12.0. The molecule has 8 nitrogen and oxygen atoms in total. The van der Waals surface area contributed by atoms with Gasteiger partial charge in [-0.1, -0.05) is 29.5 Å². The van der Waals surface area contributed by atoms with Crippen LogP contribution >= 0.6 is 11.8 Å². The van der Waals surface area contributed by atoms with E-state index < -0.39 is 17.2 Å². The summed E-state index contributed by atoms with van der Waals surface area (Å²) in [6.45, 7) is 5.51. The van der Waals surface area contributed by atoms with E-state index in [0.717, 1.165) is 22.9 Å². The van der Waals surface area contributed by atoms with Crippen LogP contribution < -0.4 is 16.5 Å². The predicted octanol–water partition coefficient (Wildman–Crippen LogP) is 1.44. The molecule has 0 aliphatic heterocycles. The van der Waals surface area contributed by atoms with E-state index in [1.807, 2.05) is 26.0 Å². The first kappa shape index (κ1) is 16.8. The topological polar surface area (TPSA) is 115 Å². The molecule has 0 bridgehead atoms. The SMILES string of the molecule is Cc1ccc(NC(=O)NC(=O)[C@@H](C)Sc2nncn2N)c(C)c1. The summed E-state index contributed by atoms with van der Waals surface area (Å²) in [4.78, 5) is 24.0.